The molecule has 1 aromatic carbocycles. The Morgan fingerprint density at radius 3 is 2.73 bits per heavy atom. The number of halogens is 2. The first-order valence-electron chi connectivity index (χ1n) is 6.97. The summed E-state index contributed by atoms with van der Waals surface area (Å²) in [5.41, 5.74) is 0.868. The molecule has 0 aliphatic heterocycles. The van der Waals surface area contributed by atoms with E-state index in [1.807, 2.05) is 31.0 Å². The van der Waals surface area contributed by atoms with E-state index in [9.17, 15) is 4.39 Å². The van der Waals surface area contributed by atoms with Gasteiger partial charge in [-0.2, -0.15) is 0 Å². The Balaban J connectivity index is 0.00000441. The standard InChI is InChI=1S/C16H24FN3O.HI/c1-5-6-7-10-19-16(18-2)20(3)12-13-8-9-15(21-4)14(17)11-13;/h5-6,8-9,11H,7,10,12H2,1-4H3,(H,18,19);1H. The van der Waals surface area contributed by atoms with Gasteiger partial charge >= 0.3 is 0 Å². The minimum Gasteiger partial charge on any atom is -0.494 e. The quantitative estimate of drug-likeness (QED) is 0.252. The van der Waals surface area contributed by atoms with Gasteiger partial charge in [-0.1, -0.05) is 18.2 Å². The maximum atomic E-state index is 13.7. The Labute approximate surface area is 149 Å². The molecular weight excluding hydrogens is 396 g/mol. The van der Waals surface area contributed by atoms with Crippen LogP contribution < -0.4 is 10.1 Å². The molecule has 0 saturated heterocycles. The van der Waals surface area contributed by atoms with Crippen molar-refractivity contribution in [2.45, 2.75) is 19.9 Å². The summed E-state index contributed by atoms with van der Waals surface area (Å²) in [6, 6.07) is 4.98. The maximum absolute atomic E-state index is 13.7. The zero-order valence-electron chi connectivity index (χ0n) is 13.6. The van der Waals surface area contributed by atoms with Crippen molar-refractivity contribution in [1.29, 1.82) is 0 Å². The van der Waals surface area contributed by atoms with Crippen molar-refractivity contribution in [3.63, 3.8) is 0 Å². The molecule has 0 amide bonds. The number of benzene rings is 1. The van der Waals surface area contributed by atoms with Crippen LogP contribution in [0.1, 0.15) is 18.9 Å². The normalized spacial score (nSPS) is 11.2. The molecule has 4 nitrogen and oxygen atoms in total. The number of nitrogens with zero attached hydrogens (tertiary/aromatic N) is 2. The molecule has 124 valence electrons. The average molecular weight is 421 g/mol. The lowest BCUT2D eigenvalue weighted by Gasteiger charge is -2.22. The van der Waals surface area contributed by atoms with Crippen molar-refractivity contribution in [3.8, 4) is 5.75 Å². The molecule has 1 N–H and O–H groups in total. The molecule has 1 aromatic rings. The third kappa shape index (κ3) is 6.64. The Morgan fingerprint density at radius 1 is 1.45 bits per heavy atom. The fraction of sp³-hybridized carbons (Fsp3) is 0.438. The van der Waals surface area contributed by atoms with Crippen LogP contribution in [0, 0.1) is 5.82 Å². The van der Waals surface area contributed by atoms with E-state index in [4.69, 9.17) is 4.74 Å². The maximum Gasteiger partial charge on any atom is 0.193 e. The van der Waals surface area contributed by atoms with E-state index in [1.54, 1.807) is 13.1 Å². The highest BCUT2D eigenvalue weighted by molar-refractivity contribution is 14.0. The van der Waals surface area contributed by atoms with E-state index in [-0.39, 0.29) is 35.5 Å². The summed E-state index contributed by atoms with van der Waals surface area (Å²) in [6.45, 7) is 3.39. The molecule has 0 atom stereocenters. The Kier molecular flexibility index (Phi) is 10.6. The van der Waals surface area contributed by atoms with E-state index in [2.05, 4.69) is 16.4 Å². The fourth-order valence-corrected chi connectivity index (χ4v) is 1.98. The van der Waals surface area contributed by atoms with Crippen molar-refractivity contribution < 1.29 is 9.13 Å². The van der Waals surface area contributed by atoms with Crippen molar-refractivity contribution in [3.05, 3.63) is 41.7 Å². The van der Waals surface area contributed by atoms with Gasteiger partial charge in [-0.3, -0.25) is 4.99 Å². The molecule has 0 spiro atoms. The first-order valence-corrected chi connectivity index (χ1v) is 6.97. The molecule has 0 aromatic heterocycles. The summed E-state index contributed by atoms with van der Waals surface area (Å²) in [5.74, 6) is 0.699. The number of allylic oxidation sites excluding steroid dienone is 1. The van der Waals surface area contributed by atoms with Gasteiger partial charge in [0.2, 0.25) is 0 Å². The number of aliphatic imine (C=N–C) groups is 1. The van der Waals surface area contributed by atoms with Gasteiger partial charge in [0, 0.05) is 27.2 Å². The highest BCUT2D eigenvalue weighted by Gasteiger charge is 2.08. The van der Waals surface area contributed by atoms with Crippen LogP contribution >= 0.6 is 24.0 Å². The van der Waals surface area contributed by atoms with Crippen LogP contribution in [0.2, 0.25) is 0 Å². The number of rotatable bonds is 6. The van der Waals surface area contributed by atoms with E-state index in [0.717, 1.165) is 24.5 Å². The van der Waals surface area contributed by atoms with Crippen LogP contribution in [0.3, 0.4) is 0 Å². The predicted molar refractivity (Wildman–Crippen MR) is 101 cm³/mol. The van der Waals surface area contributed by atoms with Crippen LogP contribution in [0.5, 0.6) is 5.75 Å². The molecule has 0 saturated carbocycles. The van der Waals surface area contributed by atoms with Crippen molar-refractivity contribution >= 4 is 29.9 Å². The Morgan fingerprint density at radius 2 is 2.18 bits per heavy atom. The lowest BCUT2D eigenvalue weighted by atomic mass is 10.2. The smallest absolute Gasteiger partial charge is 0.193 e. The molecule has 0 aliphatic rings. The minimum absolute atomic E-state index is 0. The molecule has 6 heteroatoms. The molecule has 0 radical (unpaired) electrons. The van der Waals surface area contributed by atoms with Gasteiger partial charge in [0.1, 0.15) is 0 Å². The van der Waals surface area contributed by atoms with Crippen molar-refractivity contribution in [2.75, 3.05) is 27.7 Å². The number of nitrogens with one attached hydrogen (secondary N) is 1. The number of hydrogen-bond donors (Lipinski definition) is 1. The summed E-state index contributed by atoms with van der Waals surface area (Å²) in [7, 11) is 5.12. The van der Waals surface area contributed by atoms with Crippen LogP contribution in [0.25, 0.3) is 0 Å². The highest BCUT2D eigenvalue weighted by Crippen LogP contribution is 2.18. The molecule has 0 heterocycles. The third-order valence-electron chi connectivity index (χ3n) is 3.04. The molecule has 0 aliphatic carbocycles. The fourth-order valence-electron chi connectivity index (χ4n) is 1.98. The number of ether oxygens (including phenoxy) is 1. The van der Waals surface area contributed by atoms with Crippen molar-refractivity contribution in [1.82, 2.24) is 10.2 Å². The summed E-state index contributed by atoms with van der Waals surface area (Å²) in [6.07, 6.45) is 5.06. The van der Waals surface area contributed by atoms with Crippen LogP contribution in [-0.2, 0) is 6.54 Å². The predicted octanol–water partition coefficient (Wildman–Crippen LogP) is 3.43. The van der Waals surface area contributed by atoms with Gasteiger partial charge in [0.25, 0.3) is 0 Å². The highest BCUT2D eigenvalue weighted by atomic mass is 127. The zero-order valence-corrected chi connectivity index (χ0v) is 15.9. The topological polar surface area (TPSA) is 36.9 Å². The van der Waals surface area contributed by atoms with Crippen LogP contribution in [-0.4, -0.2) is 38.6 Å². The lowest BCUT2D eigenvalue weighted by Crippen LogP contribution is -2.38. The minimum atomic E-state index is -0.348. The van der Waals surface area contributed by atoms with Crippen LogP contribution in [0.15, 0.2) is 35.3 Å². The molecule has 0 bridgehead atoms. The number of guanidine groups is 1. The third-order valence-corrected chi connectivity index (χ3v) is 3.04. The lowest BCUT2D eigenvalue weighted by molar-refractivity contribution is 0.385. The molecule has 0 fully saturated rings. The number of methoxy groups -OCH3 is 1. The molecular formula is C16H25FIN3O. The van der Waals surface area contributed by atoms with E-state index in [1.165, 1.54) is 13.2 Å². The summed E-state index contributed by atoms with van der Waals surface area (Å²) in [5, 5.41) is 3.27. The van der Waals surface area contributed by atoms with Gasteiger partial charge in [-0.05, 0) is 31.0 Å². The first kappa shape index (κ1) is 20.7. The van der Waals surface area contributed by atoms with Gasteiger partial charge < -0.3 is 15.0 Å². The summed E-state index contributed by atoms with van der Waals surface area (Å²) in [4.78, 5) is 6.18. The Hall–Kier alpha value is -1.31. The van der Waals surface area contributed by atoms with E-state index < -0.39 is 0 Å². The van der Waals surface area contributed by atoms with E-state index in [0.29, 0.717) is 6.54 Å². The summed E-state index contributed by atoms with van der Waals surface area (Å²) < 4.78 is 18.6. The zero-order chi connectivity index (χ0) is 15.7. The molecule has 1 rings (SSSR count). The van der Waals surface area contributed by atoms with Gasteiger partial charge in [-0.25, -0.2) is 4.39 Å². The van der Waals surface area contributed by atoms with Gasteiger partial charge in [-0.15, -0.1) is 24.0 Å². The largest absolute Gasteiger partial charge is 0.494 e. The second-order valence-electron chi connectivity index (χ2n) is 4.66. The molecule has 0 unspecified atom stereocenters. The summed E-state index contributed by atoms with van der Waals surface area (Å²) >= 11 is 0. The average Bonchev–Trinajstić information content (AvgIpc) is 2.47. The first-order chi connectivity index (χ1) is 10.1. The van der Waals surface area contributed by atoms with E-state index >= 15 is 0 Å². The second-order valence-corrected chi connectivity index (χ2v) is 4.66. The second kappa shape index (κ2) is 11.3. The number of hydrogen-bond acceptors (Lipinski definition) is 2. The Bertz CT molecular complexity index is 506. The molecule has 22 heavy (non-hydrogen) atoms. The van der Waals surface area contributed by atoms with Gasteiger partial charge in [0.15, 0.2) is 17.5 Å². The van der Waals surface area contributed by atoms with Gasteiger partial charge in [0.05, 0.1) is 7.11 Å². The van der Waals surface area contributed by atoms with Crippen LogP contribution in [0.4, 0.5) is 4.39 Å². The van der Waals surface area contributed by atoms with Crippen molar-refractivity contribution in [2.24, 2.45) is 4.99 Å². The SMILES string of the molecule is CC=CCCNC(=NC)N(C)Cc1ccc(OC)c(F)c1.I. The monoisotopic (exact) mass is 421 g/mol.